The van der Waals surface area contributed by atoms with Crippen molar-refractivity contribution in [2.75, 3.05) is 19.7 Å². The zero-order valence-electron chi connectivity index (χ0n) is 10.3. The molecule has 1 aromatic rings. The van der Waals surface area contributed by atoms with Gasteiger partial charge in [0.05, 0.1) is 18.7 Å². The van der Waals surface area contributed by atoms with Gasteiger partial charge in [-0.15, -0.1) is 0 Å². The molecule has 0 aromatic carbocycles. The molecule has 94 valence electrons. The monoisotopic (exact) mass is 237 g/mol. The Bertz CT molecular complexity index is 389. The van der Waals surface area contributed by atoms with Crippen molar-refractivity contribution in [1.82, 2.24) is 15.1 Å². The second-order valence-corrected chi connectivity index (χ2v) is 4.49. The maximum Gasteiger partial charge on any atom is 0.310 e. The number of esters is 1. The summed E-state index contributed by atoms with van der Waals surface area (Å²) in [6.45, 7) is 3.91. The molecule has 0 amide bonds. The molecule has 5 nitrogen and oxygen atoms in total. The summed E-state index contributed by atoms with van der Waals surface area (Å²) >= 11 is 0. The van der Waals surface area contributed by atoms with Crippen molar-refractivity contribution in [1.29, 1.82) is 0 Å². The summed E-state index contributed by atoms with van der Waals surface area (Å²) in [5.74, 6) is 0.231. The van der Waals surface area contributed by atoms with Gasteiger partial charge in [0, 0.05) is 32.3 Å². The lowest BCUT2D eigenvalue weighted by Crippen LogP contribution is -2.39. The Balaban J connectivity index is 1.99. The lowest BCUT2D eigenvalue weighted by atomic mass is 9.87. The Labute approximate surface area is 101 Å². The van der Waals surface area contributed by atoms with Gasteiger partial charge in [-0.25, -0.2) is 0 Å². The molecule has 0 bridgehead atoms. The van der Waals surface area contributed by atoms with Crippen LogP contribution in [-0.4, -0.2) is 35.4 Å². The van der Waals surface area contributed by atoms with Gasteiger partial charge in [-0.05, 0) is 18.9 Å². The van der Waals surface area contributed by atoms with Gasteiger partial charge in [0.15, 0.2) is 0 Å². The minimum atomic E-state index is -0.0893. The molecular formula is C12H19N3O2. The van der Waals surface area contributed by atoms with Gasteiger partial charge in [0.2, 0.25) is 0 Å². The molecule has 2 atom stereocenters. The average molecular weight is 237 g/mol. The Morgan fingerprint density at radius 2 is 2.47 bits per heavy atom. The number of hydrogen-bond donors (Lipinski definition) is 1. The topological polar surface area (TPSA) is 56.1 Å². The van der Waals surface area contributed by atoms with Crippen LogP contribution in [0.25, 0.3) is 0 Å². The molecule has 2 unspecified atom stereocenters. The molecule has 2 heterocycles. The van der Waals surface area contributed by atoms with E-state index in [1.807, 2.05) is 26.4 Å². The number of aromatic nitrogens is 2. The first-order valence-corrected chi connectivity index (χ1v) is 6.06. The van der Waals surface area contributed by atoms with Gasteiger partial charge in [-0.3, -0.25) is 9.48 Å². The molecular weight excluding hydrogens is 218 g/mol. The largest absolute Gasteiger partial charge is 0.466 e. The van der Waals surface area contributed by atoms with Crippen molar-refractivity contribution in [3.8, 4) is 0 Å². The third-order valence-corrected chi connectivity index (χ3v) is 3.17. The summed E-state index contributed by atoms with van der Waals surface area (Å²) in [6.07, 6.45) is 4.73. The minimum absolute atomic E-state index is 0.0334. The molecule has 1 aliphatic heterocycles. The summed E-state index contributed by atoms with van der Waals surface area (Å²) in [5, 5.41) is 7.46. The van der Waals surface area contributed by atoms with Crippen molar-refractivity contribution < 1.29 is 9.53 Å². The molecule has 5 heteroatoms. The van der Waals surface area contributed by atoms with Crippen LogP contribution >= 0.6 is 0 Å². The maximum absolute atomic E-state index is 11.7. The highest BCUT2D eigenvalue weighted by Crippen LogP contribution is 2.26. The molecule has 1 aliphatic rings. The quantitative estimate of drug-likeness (QED) is 0.785. The fourth-order valence-corrected chi connectivity index (χ4v) is 2.29. The molecule has 1 N–H and O–H groups in total. The number of ether oxygens (including phenoxy) is 1. The van der Waals surface area contributed by atoms with Crippen LogP contribution in [0.5, 0.6) is 0 Å². The van der Waals surface area contributed by atoms with Crippen LogP contribution in [0.15, 0.2) is 12.4 Å². The van der Waals surface area contributed by atoms with Crippen LogP contribution in [0.4, 0.5) is 0 Å². The van der Waals surface area contributed by atoms with E-state index in [0.29, 0.717) is 12.5 Å². The van der Waals surface area contributed by atoms with Gasteiger partial charge in [-0.2, -0.15) is 5.10 Å². The van der Waals surface area contributed by atoms with Gasteiger partial charge >= 0.3 is 5.97 Å². The van der Waals surface area contributed by atoms with Gasteiger partial charge in [0.25, 0.3) is 0 Å². The number of carbonyl (C=O) groups excluding carboxylic acids is 1. The summed E-state index contributed by atoms with van der Waals surface area (Å²) in [5.41, 5.74) is 1.19. The first-order valence-electron chi connectivity index (χ1n) is 6.06. The predicted molar refractivity (Wildman–Crippen MR) is 63.6 cm³/mol. The van der Waals surface area contributed by atoms with Gasteiger partial charge in [0.1, 0.15) is 0 Å². The van der Waals surface area contributed by atoms with Gasteiger partial charge in [-0.1, -0.05) is 0 Å². The Hall–Kier alpha value is -1.36. The molecule has 0 spiro atoms. The molecule has 1 fully saturated rings. The SMILES string of the molecule is CCOC(=O)C1CNCC(c2cnn(C)c2)C1. The molecule has 1 aromatic heterocycles. The van der Waals surface area contributed by atoms with Crippen molar-refractivity contribution >= 4 is 5.97 Å². The number of nitrogens with one attached hydrogen (secondary N) is 1. The van der Waals surface area contributed by atoms with Gasteiger partial charge < -0.3 is 10.1 Å². The van der Waals surface area contributed by atoms with E-state index in [1.54, 1.807) is 4.68 Å². The third-order valence-electron chi connectivity index (χ3n) is 3.17. The lowest BCUT2D eigenvalue weighted by Gasteiger charge is -2.28. The lowest BCUT2D eigenvalue weighted by molar-refractivity contribution is -0.148. The standard InChI is InChI=1S/C12H19N3O2/c1-3-17-12(16)10-4-9(5-13-6-10)11-7-14-15(2)8-11/h7-10,13H,3-6H2,1-2H3. The van der Waals surface area contributed by atoms with Crippen LogP contribution < -0.4 is 5.32 Å². The van der Waals surface area contributed by atoms with Crippen molar-refractivity contribution in [2.45, 2.75) is 19.3 Å². The molecule has 1 saturated heterocycles. The number of piperidine rings is 1. The second-order valence-electron chi connectivity index (χ2n) is 4.49. The number of aryl methyl sites for hydroxylation is 1. The van der Waals surface area contributed by atoms with E-state index >= 15 is 0 Å². The summed E-state index contributed by atoms with van der Waals surface area (Å²) in [6, 6.07) is 0. The Kier molecular flexibility index (Phi) is 3.78. The molecule has 0 radical (unpaired) electrons. The summed E-state index contributed by atoms with van der Waals surface area (Å²) < 4.78 is 6.87. The van der Waals surface area contributed by atoms with Crippen molar-refractivity contribution in [2.24, 2.45) is 13.0 Å². The normalized spacial score (nSPS) is 24.6. The Morgan fingerprint density at radius 1 is 1.65 bits per heavy atom. The van der Waals surface area contributed by atoms with Crippen molar-refractivity contribution in [3.63, 3.8) is 0 Å². The molecule has 2 rings (SSSR count). The predicted octanol–water partition coefficient (Wildman–Crippen LogP) is 0.676. The van der Waals surface area contributed by atoms with Crippen LogP contribution in [0.3, 0.4) is 0 Å². The molecule has 0 aliphatic carbocycles. The molecule has 17 heavy (non-hydrogen) atoms. The summed E-state index contributed by atoms with van der Waals surface area (Å²) in [4.78, 5) is 11.7. The highest BCUT2D eigenvalue weighted by Gasteiger charge is 2.29. The van der Waals surface area contributed by atoms with E-state index in [-0.39, 0.29) is 11.9 Å². The van der Waals surface area contributed by atoms with E-state index in [2.05, 4.69) is 10.4 Å². The van der Waals surface area contributed by atoms with E-state index in [0.717, 1.165) is 19.5 Å². The number of hydrogen-bond acceptors (Lipinski definition) is 4. The summed E-state index contributed by atoms with van der Waals surface area (Å²) in [7, 11) is 1.91. The maximum atomic E-state index is 11.7. The van der Waals surface area contributed by atoms with Crippen LogP contribution in [-0.2, 0) is 16.6 Å². The smallest absolute Gasteiger partial charge is 0.310 e. The van der Waals surface area contributed by atoms with E-state index in [1.165, 1.54) is 5.56 Å². The number of rotatable bonds is 3. The highest BCUT2D eigenvalue weighted by atomic mass is 16.5. The van der Waals surface area contributed by atoms with Crippen LogP contribution in [0, 0.1) is 5.92 Å². The number of carbonyl (C=O) groups is 1. The van der Waals surface area contributed by atoms with Crippen molar-refractivity contribution in [3.05, 3.63) is 18.0 Å². The third kappa shape index (κ3) is 2.85. The molecule has 0 saturated carbocycles. The van der Waals surface area contributed by atoms with E-state index in [4.69, 9.17) is 4.74 Å². The minimum Gasteiger partial charge on any atom is -0.466 e. The van der Waals surface area contributed by atoms with E-state index in [9.17, 15) is 4.79 Å². The Morgan fingerprint density at radius 3 is 3.12 bits per heavy atom. The zero-order chi connectivity index (χ0) is 12.3. The number of nitrogens with zero attached hydrogens (tertiary/aromatic N) is 2. The first-order chi connectivity index (χ1) is 8.20. The van der Waals surface area contributed by atoms with Crippen LogP contribution in [0.1, 0.15) is 24.8 Å². The fourth-order valence-electron chi connectivity index (χ4n) is 2.29. The fraction of sp³-hybridized carbons (Fsp3) is 0.667. The first kappa shape index (κ1) is 12.1. The average Bonchev–Trinajstić information content (AvgIpc) is 2.76. The second kappa shape index (κ2) is 5.31. The van der Waals surface area contributed by atoms with E-state index < -0.39 is 0 Å². The van der Waals surface area contributed by atoms with Crippen LogP contribution in [0.2, 0.25) is 0 Å². The highest BCUT2D eigenvalue weighted by molar-refractivity contribution is 5.73. The zero-order valence-corrected chi connectivity index (χ0v) is 10.3.